The van der Waals surface area contributed by atoms with E-state index in [0.29, 0.717) is 11.6 Å². The van der Waals surface area contributed by atoms with Crippen molar-refractivity contribution in [2.75, 3.05) is 0 Å². The van der Waals surface area contributed by atoms with Gasteiger partial charge in [-0.1, -0.05) is 0 Å². The molecule has 3 N–H and O–H groups in total. The first kappa shape index (κ1) is 13.9. The fourth-order valence-corrected chi connectivity index (χ4v) is 1.46. The normalized spacial score (nSPS) is 10.4. The Bertz CT molecular complexity index is 627. The maximum Gasteiger partial charge on any atom is 0.238 e. The van der Waals surface area contributed by atoms with Crippen molar-refractivity contribution in [3.63, 3.8) is 0 Å². The van der Waals surface area contributed by atoms with Crippen LogP contribution in [0.4, 0.5) is 0 Å². The van der Waals surface area contributed by atoms with Crippen molar-refractivity contribution in [3.8, 4) is 11.6 Å². The molecule has 2 aromatic rings. The van der Waals surface area contributed by atoms with Gasteiger partial charge in [-0.3, -0.25) is 10.4 Å². The SMILES string of the molecule is Cc1cncc(Oc2ccc(C=NNC(N)=S)cc2)n1. The van der Waals surface area contributed by atoms with Crippen LogP contribution in [0.25, 0.3) is 0 Å². The molecular weight excluding hydrogens is 274 g/mol. The number of thiocarbonyl (C=S) groups is 1. The minimum Gasteiger partial charge on any atom is -0.437 e. The lowest BCUT2D eigenvalue weighted by Crippen LogP contribution is -2.23. The van der Waals surface area contributed by atoms with Crippen LogP contribution in [-0.2, 0) is 0 Å². The molecule has 6 nitrogen and oxygen atoms in total. The largest absolute Gasteiger partial charge is 0.437 e. The highest BCUT2D eigenvalue weighted by Crippen LogP contribution is 2.18. The van der Waals surface area contributed by atoms with E-state index in [-0.39, 0.29) is 5.11 Å². The Morgan fingerprint density at radius 1 is 1.35 bits per heavy atom. The van der Waals surface area contributed by atoms with Crippen LogP contribution in [-0.4, -0.2) is 21.3 Å². The van der Waals surface area contributed by atoms with E-state index in [2.05, 4.69) is 32.7 Å². The monoisotopic (exact) mass is 287 g/mol. The number of nitrogens with zero attached hydrogens (tertiary/aromatic N) is 3. The molecule has 1 aromatic carbocycles. The van der Waals surface area contributed by atoms with Crippen molar-refractivity contribution < 1.29 is 4.74 Å². The third kappa shape index (κ3) is 4.29. The summed E-state index contributed by atoms with van der Waals surface area (Å²) in [5.74, 6) is 1.13. The van der Waals surface area contributed by atoms with E-state index in [4.69, 9.17) is 10.5 Å². The van der Waals surface area contributed by atoms with Crippen LogP contribution in [0.15, 0.2) is 41.8 Å². The van der Waals surface area contributed by atoms with E-state index in [9.17, 15) is 0 Å². The zero-order chi connectivity index (χ0) is 14.4. The summed E-state index contributed by atoms with van der Waals surface area (Å²) in [6.07, 6.45) is 4.84. The quantitative estimate of drug-likeness (QED) is 0.506. The summed E-state index contributed by atoms with van der Waals surface area (Å²) in [5, 5.41) is 3.99. The molecule has 0 atom stereocenters. The molecule has 0 saturated carbocycles. The van der Waals surface area contributed by atoms with E-state index < -0.39 is 0 Å². The van der Waals surface area contributed by atoms with Gasteiger partial charge in [0.1, 0.15) is 5.75 Å². The molecule has 0 saturated heterocycles. The number of benzene rings is 1. The van der Waals surface area contributed by atoms with Gasteiger partial charge in [0.25, 0.3) is 0 Å². The average molecular weight is 287 g/mol. The molecular formula is C13H13N5OS. The first-order chi connectivity index (χ1) is 9.63. The van der Waals surface area contributed by atoms with Crippen molar-refractivity contribution in [2.45, 2.75) is 6.92 Å². The minimum atomic E-state index is 0.124. The van der Waals surface area contributed by atoms with E-state index in [1.165, 1.54) is 0 Å². The second kappa shape index (κ2) is 6.58. The van der Waals surface area contributed by atoms with Gasteiger partial charge in [-0.2, -0.15) is 5.10 Å². The van der Waals surface area contributed by atoms with Gasteiger partial charge in [-0.15, -0.1) is 0 Å². The lowest BCUT2D eigenvalue weighted by molar-refractivity contribution is 0.458. The molecule has 0 aliphatic rings. The summed E-state index contributed by atoms with van der Waals surface area (Å²) in [7, 11) is 0. The molecule has 1 heterocycles. The van der Waals surface area contributed by atoms with Crippen LogP contribution in [0.1, 0.15) is 11.3 Å². The number of hydrogen-bond donors (Lipinski definition) is 2. The van der Waals surface area contributed by atoms with Gasteiger partial charge in [0.2, 0.25) is 5.88 Å². The van der Waals surface area contributed by atoms with Gasteiger partial charge < -0.3 is 10.5 Å². The van der Waals surface area contributed by atoms with Crippen LogP contribution in [0.3, 0.4) is 0 Å². The number of ether oxygens (including phenoxy) is 1. The predicted octanol–water partition coefficient (Wildman–Crippen LogP) is 1.74. The first-order valence-electron chi connectivity index (χ1n) is 5.78. The van der Waals surface area contributed by atoms with E-state index in [0.717, 1.165) is 11.3 Å². The van der Waals surface area contributed by atoms with Gasteiger partial charge >= 0.3 is 0 Å². The molecule has 0 unspecified atom stereocenters. The van der Waals surface area contributed by atoms with E-state index >= 15 is 0 Å². The number of nitrogens with one attached hydrogen (secondary N) is 1. The summed E-state index contributed by atoms with van der Waals surface area (Å²) in [6.45, 7) is 1.86. The summed E-state index contributed by atoms with van der Waals surface area (Å²) >= 11 is 4.64. The molecule has 0 radical (unpaired) electrons. The van der Waals surface area contributed by atoms with Crippen LogP contribution in [0.5, 0.6) is 11.6 Å². The standard InChI is InChI=1S/C13H13N5OS/c1-9-6-15-8-12(17-9)19-11-4-2-10(3-5-11)7-16-18-13(14)20/h2-8H,1H3,(H3,14,18,20). The maximum atomic E-state index is 5.58. The van der Waals surface area contributed by atoms with Gasteiger partial charge in [0.05, 0.1) is 18.1 Å². The third-order valence-corrected chi connectivity index (χ3v) is 2.32. The molecule has 0 bridgehead atoms. The molecule has 102 valence electrons. The van der Waals surface area contributed by atoms with Crippen LogP contribution in [0, 0.1) is 6.92 Å². The highest BCUT2D eigenvalue weighted by molar-refractivity contribution is 7.80. The number of hydrazone groups is 1. The third-order valence-electron chi connectivity index (χ3n) is 2.22. The van der Waals surface area contributed by atoms with Crippen molar-refractivity contribution in [2.24, 2.45) is 10.8 Å². The molecule has 20 heavy (non-hydrogen) atoms. The van der Waals surface area contributed by atoms with Crippen molar-refractivity contribution in [3.05, 3.63) is 47.9 Å². The Morgan fingerprint density at radius 2 is 2.10 bits per heavy atom. The van der Waals surface area contributed by atoms with Gasteiger partial charge in [0.15, 0.2) is 5.11 Å². The number of hydrogen-bond acceptors (Lipinski definition) is 5. The summed E-state index contributed by atoms with van der Waals surface area (Å²) in [5.41, 5.74) is 9.42. The Labute approximate surface area is 121 Å². The second-order valence-corrected chi connectivity index (χ2v) is 4.34. The Hall–Kier alpha value is -2.54. The van der Waals surface area contributed by atoms with Gasteiger partial charge in [-0.05, 0) is 49.0 Å². The summed E-state index contributed by atoms with van der Waals surface area (Å²) < 4.78 is 5.58. The van der Waals surface area contributed by atoms with Crippen molar-refractivity contribution in [1.82, 2.24) is 15.4 Å². The Balaban J connectivity index is 2.01. The van der Waals surface area contributed by atoms with Crippen LogP contribution < -0.4 is 15.9 Å². The zero-order valence-corrected chi connectivity index (χ0v) is 11.6. The van der Waals surface area contributed by atoms with E-state index in [1.807, 2.05) is 31.2 Å². The lowest BCUT2D eigenvalue weighted by Gasteiger charge is -2.04. The van der Waals surface area contributed by atoms with E-state index in [1.54, 1.807) is 18.6 Å². The average Bonchev–Trinajstić information content (AvgIpc) is 2.40. The minimum absolute atomic E-state index is 0.124. The molecule has 0 aliphatic heterocycles. The molecule has 7 heteroatoms. The number of aromatic nitrogens is 2. The highest BCUT2D eigenvalue weighted by atomic mass is 32.1. The smallest absolute Gasteiger partial charge is 0.238 e. The Kier molecular flexibility index (Phi) is 4.56. The van der Waals surface area contributed by atoms with Crippen molar-refractivity contribution >= 4 is 23.5 Å². The Morgan fingerprint density at radius 3 is 2.75 bits per heavy atom. The van der Waals surface area contributed by atoms with Crippen LogP contribution in [0.2, 0.25) is 0 Å². The first-order valence-corrected chi connectivity index (χ1v) is 6.19. The fraction of sp³-hybridized carbons (Fsp3) is 0.0769. The zero-order valence-electron chi connectivity index (χ0n) is 10.8. The second-order valence-electron chi connectivity index (χ2n) is 3.90. The molecule has 0 fully saturated rings. The number of nitrogens with two attached hydrogens (primary N) is 1. The molecule has 0 amide bonds. The highest BCUT2D eigenvalue weighted by Gasteiger charge is 1.99. The molecule has 1 aromatic heterocycles. The van der Waals surface area contributed by atoms with Crippen LogP contribution >= 0.6 is 12.2 Å². The molecule has 0 spiro atoms. The fourth-order valence-electron chi connectivity index (χ4n) is 1.40. The summed E-state index contributed by atoms with van der Waals surface area (Å²) in [6, 6.07) is 7.32. The molecule has 0 aliphatic carbocycles. The van der Waals surface area contributed by atoms with Crippen molar-refractivity contribution in [1.29, 1.82) is 0 Å². The van der Waals surface area contributed by atoms with Gasteiger partial charge in [0, 0.05) is 6.20 Å². The van der Waals surface area contributed by atoms with Gasteiger partial charge in [-0.25, -0.2) is 4.98 Å². The predicted molar refractivity (Wildman–Crippen MR) is 80.8 cm³/mol. The topological polar surface area (TPSA) is 85.4 Å². The maximum absolute atomic E-state index is 5.58. The summed E-state index contributed by atoms with van der Waals surface area (Å²) in [4.78, 5) is 8.22. The molecule has 2 rings (SSSR count). The number of aryl methyl sites for hydroxylation is 1. The number of rotatable bonds is 4. The lowest BCUT2D eigenvalue weighted by atomic mass is 10.2.